The maximum absolute atomic E-state index is 14.0. The van der Waals surface area contributed by atoms with Gasteiger partial charge in [0.15, 0.2) is 18.1 Å². The van der Waals surface area contributed by atoms with E-state index in [-0.39, 0.29) is 36.1 Å². The number of amides is 4. The van der Waals surface area contributed by atoms with Gasteiger partial charge in [0.25, 0.3) is 11.8 Å². The molecule has 3 aromatic carbocycles. The van der Waals surface area contributed by atoms with E-state index in [1.165, 1.54) is 31.4 Å². The minimum Gasteiger partial charge on any atom is -0.493 e. The zero-order valence-corrected chi connectivity index (χ0v) is 19.7. The predicted molar refractivity (Wildman–Crippen MR) is 132 cm³/mol. The number of anilines is 1. The molecule has 8 nitrogen and oxygen atoms in total. The van der Waals surface area contributed by atoms with Crippen molar-refractivity contribution in [2.75, 3.05) is 19.0 Å². The van der Waals surface area contributed by atoms with Crippen LogP contribution in [0.1, 0.15) is 16.7 Å². The maximum Gasteiger partial charge on any atom is 0.329 e. The lowest BCUT2D eigenvalue weighted by atomic mass is 10.1. The fraction of sp³-hybridized carbons (Fsp3) is 0.148. The van der Waals surface area contributed by atoms with Gasteiger partial charge in [-0.25, -0.2) is 9.18 Å². The molecule has 4 rings (SSSR count). The Morgan fingerprint density at radius 3 is 2.53 bits per heavy atom. The Hall–Kier alpha value is -4.66. The van der Waals surface area contributed by atoms with Crippen LogP contribution >= 0.6 is 0 Å². The molecule has 184 valence electrons. The number of nitrogens with zero attached hydrogens (tertiary/aromatic N) is 1. The number of para-hydroxylation sites is 1. The summed E-state index contributed by atoms with van der Waals surface area (Å²) in [6.45, 7) is 1.42. The molecule has 0 spiro atoms. The third-order valence-electron chi connectivity index (χ3n) is 5.46. The average molecular weight is 490 g/mol. The van der Waals surface area contributed by atoms with E-state index in [2.05, 4.69) is 10.6 Å². The number of nitrogens with one attached hydrogen (secondary N) is 2. The molecule has 1 fully saturated rings. The number of imide groups is 1. The molecule has 0 saturated carbocycles. The summed E-state index contributed by atoms with van der Waals surface area (Å²) in [5.74, 6) is -0.949. The molecule has 0 unspecified atom stereocenters. The van der Waals surface area contributed by atoms with Gasteiger partial charge in [-0.3, -0.25) is 14.5 Å². The van der Waals surface area contributed by atoms with Crippen LogP contribution < -0.4 is 20.1 Å². The standard InChI is InChI=1S/C27H24FN3O5/c1-17-10-12-20(13-11-17)29-24(32)16-36-25-18(7-5-9-23(25)35-2)14-22-26(33)31(27(34)30-22)15-19-6-3-4-8-21(19)28/h3-14H,15-16H2,1-2H3,(H,29,32)(H,30,34). The second-order valence-corrected chi connectivity index (χ2v) is 8.05. The lowest BCUT2D eigenvalue weighted by Gasteiger charge is -2.14. The first-order valence-corrected chi connectivity index (χ1v) is 11.1. The summed E-state index contributed by atoms with van der Waals surface area (Å²) in [5.41, 5.74) is 2.31. The predicted octanol–water partition coefficient (Wildman–Crippen LogP) is 4.25. The van der Waals surface area contributed by atoms with Gasteiger partial charge < -0.3 is 20.1 Å². The molecule has 1 saturated heterocycles. The Kier molecular flexibility index (Phi) is 7.29. The molecule has 0 bridgehead atoms. The van der Waals surface area contributed by atoms with Crippen molar-refractivity contribution in [2.45, 2.75) is 13.5 Å². The summed E-state index contributed by atoms with van der Waals surface area (Å²) in [7, 11) is 1.45. The van der Waals surface area contributed by atoms with Gasteiger partial charge in [0.05, 0.1) is 13.7 Å². The van der Waals surface area contributed by atoms with Crippen LogP contribution in [0.4, 0.5) is 14.9 Å². The molecule has 0 radical (unpaired) electrons. The summed E-state index contributed by atoms with van der Waals surface area (Å²) in [4.78, 5) is 38.7. The number of hydrogen-bond acceptors (Lipinski definition) is 5. The van der Waals surface area contributed by atoms with E-state index in [0.717, 1.165) is 10.5 Å². The summed E-state index contributed by atoms with van der Waals surface area (Å²) in [5, 5.41) is 5.26. The van der Waals surface area contributed by atoms with Crippen molar-refractivity contribution in [1.82, 2.24) is 10.2 Å². The highest BCUT2D eigenvalue weighted by atomic mass is 19.1. The lowest BCUT2D eigenvalue weighted by Crippen LogP contribution is -2.30. The minimum absolute atomic E-state index is 0.0152. The van der Waals surface area contributed by atoms with Crippen LogP contribution in [-0.4, -0.2) is 36.5 Å². The third kappa shape index (κ3) is 5.52. The molecule has 3 aromatic rings. The molecule has 4 amide bonds. The second-order valence-electron chi connectivity index (χ2n) is 8.05. The van der Waals surface area contributed by atoms with Gasteiger partial charge >= 0.3 is 6.03 Å². The van der Waals surface area contributed by atoms with Crippen molar-refractivity contribution < 1.29 is 28.2 Å². The topological polar surface area (TPSA) is 97.0 Å². The summed E-state index contributed by atoms with van der Waals surface area (Å²) in [6, 6.07) is 17.6. The van der Waals surface area contributed by atoms with Crippen molar-refractivity contribution in [3.63, 3.8) is 0 Å². The molecular weight excluding hydrogens is 465 g/mol. The monoisotopic (exact) mass is 489 g/mol. The number of rotatable bonds is 8. The minimum atomic E-state index is -0.669. The number of aryl methyl sites for hydroxylation is 1. The Labute approximate surface area is 207 Å². The van der Waals surface area contributed by atoms with E-state index in [9.17, 15) is 18.8 Å². The first kappa shape index (κ1) is 24.5. The SMILES string of the molecule is COc1cccc(C=C2NC(=O)N(Cc3ccccc3F)C2=O)c1OCC(=O)Nc1ccc(C)cc1. The molecule has 0 aromatic heterocycles. The van der Waals surface area contributed by atoms with Crippen LogP contribution in [0.5, 0.6) is 11.5 Å². The normalized spacial score (nSPS) is 14.1. The Morgan fingerprint density at radius 1 is 1.06 bits per heavy atom. The van der Waals surface area contributed by atoms with Crippen LogP contribution in [0.15, 0.2) is 72.4 Å². The molecule has 1 heterocycles. The van der Waals surface area contributed by atoms with Gasteiger partial charge in [0.2, 0.25) is 0 Å². The second kappa shape index (κ2) is 10.7. The fourth-order valence-electron chi connectivity index (χ4n) is 3.60. The average Bonchev–Trinajstić information content (AvgIpc) is 3.13. The Morgan fingerprint density at radius 2 is 1.81 bits per heavy atom. The number of carbonyl (C=O) groups excluding carboxylic acids is 3. The highest BCUT2D eigenvalue weighted by molar-refractivity contribution is 6.14. The highest BCUT2D eigenvalue weighted by Gasteiger charge is 2.34. The molecule has 9 heteroatoms. The zero-order chi connectivity index (χ0) is 25.7. The van der Waals surface area contributed by atoms with Crippen molar-refractivity contribution in [3.05, 3.63) is 94.9 Å². The number of hydrogen-bond donors (Lipinski definition) is 2. The molecule has 0 aliphatic carbocycles. The van der Waals surface area contributed by atoms with E-state index in [0.29, 0.717) is 17.0 Å². The number of carbonyl (C=O) groups is 3. The summed E-state index contributed by atoms with van der Waals surface area (Å²) < 4.78 is 25.2. The number of ether oxygens (including phenoxy) is 2. The van der Waals surface area contributed by atoms with Crippen LogP contribution in [-0.2, 0) is 16.1 Å². The first-order valence-electron chi connectivity index (χ1n) is 11.1. The molecule has 36 heavy (non-hydrogen) atoms. The lowest BCUT2D eigenvalue weighted by molar-refractivity contribution is -0.123. The first-order chi connectivity index (χ1) is 17.4. The van der Waals surface area contributed by atoms with Crippen LogP contribution in [0.25, 0.3) is 6.08 Å². The quantitative estimate of drug-likeness (QED) is 0.364. The summed E-state index contributed by atoms with van der Waals surface area (Å²) in [6.07, 6.45) is 1.43. The van der Waals surface area contributed by atoms with Crippen molar-refractivity contribution in [3.8, 4) is 11.5 Å². The molecule has 1 aliphatic rings. The van der Waals surface area contributed by atoms with Gasteiger partial charge in [-0.1, -0.05) is 48.0 Å². The van der Waals surface area contributed by atoms with Crippen LogP contribution in [0.3, 0.4) is 0 Å². The van der Waals surface area contributed by atoms with Gasteiger partial charge in [-0.15, -0.1) is 0 Å². The molecule has 1 aliphatic heterocycles. The van der Waals surface area contributed by atoms with Gasteiger partial charge in [0, 0.05) is 16.8 Å². The number of benzene rings is 3. The van der Waals surface area contributed by atoms with E-state index in [4.69, 9.17) is 9.47 Å². The van der Waals surface area contributed by atoms with Crippen LogP contribution in [0.2, 0.25) is 0 Å². The smallest absolute Gasteiger partial charge is 0.329 e. The van der Waals surface area contributed by atoms with E-state index < -0.39 is 17.8 Å². The van der Waals surface area contributed by atoms with E-state index >= 15 is 0 Å². The number of methoxy groups -OCH3 is 1. The third-order valence-corrected chi connectivity index (χ3v) is 5.46. The van der Waals surface area contributed by atoms with E-state index in [1.807, 2.05) is 19.1 Å². The van der Waals surface area contributed by atoms with Crippen molar-refractivity contribution in [2.24, 2.45) is 0 Å². The van der Waals surface area contributed by atoms with E-state index in [1.54, 1.807) is 36.4 Å². The Bertz CT molecular complexity index is 1340. The summed E-state index contributed by atoms with van der Waals surface area (Å²) >= 11 is 0. The maximum atomic E-state index is 14.0. The molecule has 2 N–H and O–H groups in total. The van der Waals surface area contributed by atoms with Gasteiger partial charge in [-0.05, 0) is 37.3 Å². The number of urea groups is 1. The molecular formula is C27H24FN3O5. The largest absolute Gasteiger partial charge is 0.493 e. The van der Waals surface area contributed by atoms with Gasteiger partial charge in [-0.2, -0.15) is 0 Å². The van der Waals surface area contributed by atoms with Crippen molar-refractivity contribution in [1.29, 1.82) is 0 Å². The highest BCUT2D eigenvalue weighted by Crippen LogP contribution is 2.33. The number of halogens is 1. The van der Waals surface area contributed by atoms with Crippen molar-refractivity contribution >= 4 is 29.6 Å². The van der Waals surface area contributed by atoms with Gasteiger partial charge in [0.1, 0.15) is 11.5 Å². The van der Waals surface area contributed by atoms with Crippen LogP contribution in [0, 0.1) is 12.7 Å². The Balaban J connectivity index is 1.52. The zero-order valence-electron chi connectivity index (χ0n) is 19.7. The molecule has 0 atom stereocenters. The fourth-order valence-corrected chi connectivity index (χ4v) is 3.60.